The van der Waals surface area contributed by atoms with Crippen LogP contribution in [-0.2, 0) is 0 Å². The third-order valence-electron chi connectivity index (χ3n) is 1.08. The maximum absolute atomic E-state index is 8.42. The molecule has 0 aliphatic heterocycles. The second-order valence-electron chi connectivity index (χ2n) is 1.78. The highest BCUT2D eigenvalue weighted by Crippen LogP contribution is 2.20. The van der Waals surface area contributed by atoms with Crippen LogP contribution in [0.1, 0.15) is 5.56 Å². The molecule has 0 saturated heterocycles. The lowest BCUT2D eigenvalue weighted by atomic mass is 10.2. The van der Waals surface area contributed by atoms with Crippen molar-refractivity contribution < 1.29 is 0 Å². The zero-order valence-corrected chi connectivity index (χ0v) is 6.65. The van der Waals surface area contributed by atoms with Crippen LogP contribution in [0.2, 0.25) is 5.02 Å². The van der Waals surface area contributed by atoms with E-state index in [1.807, 2.05) is 6.07 Å². The van der Waals surface area contributed by atoms with Crippen molar-refractivity contribution in [3.05, 3.63) is 28.8 Å². The molecule has 1 rings (SSSR count). The van der Waals surface area contributed by atoms with Gasteiger partial charge in [0.2, 0.25) is 0 Å². The van der Waals surface area contributed by atoms with E-state index in [1.165, 1.54) is 0 Å². The van der Waals surface area contributed by atoms with Gasteiger partial charge in [-0.2, -0.15) is 5.26 Å². The molecule has 1 nitrogen and oxygen atoms in total. The molecular formula is C7H4ClNS. The fraction of sp³-hybridized carbons (Fsp3) is 0. The Bertz CT molecular complexity index is 290. The maximum atomic E-state index is 8.42. The van der Waals surface area contributed by atoms with Gasteiger partial charge >= 0.3 is 0 Å². The topological polar surface area (TPSA) is 23.8 Å². The van der Waals surface area contributed by atoms with Gasteiger partial charge in [0, 0.05) is 4.90 Å². The lowest BCUT2D eigenvalue weighted by molar-refractivity contribution is 1.42. The molecule has 0 bridgehead atoms. The first-order chi connectivity index (χ1) is 4.74. The first-order valence-electron chi connectivity index (χ1n) is 2.62. The summed E-state index contributed by atoms with van der Waals surface area (Å²) in [6.45, 7) is 0. The molecule has 0 fully saturated rings. The highest BCUT2D eigenvalue weighted by atomic mass is 35.5. The number of nitrogens with zero attached hydrogens (tertiary/aromatic N) is 1. The summed E-state index contributed by atoms with van der Waals surface area (Å²) < 4.78 is 0. The highest BCUT2D eigenvalue weighted by molar-refractivity contribution is 7.80. The summed E-state index contributed by atoms with van der Waals surface area (Å²) in [6.07, 6.45) is 0. The first-order valence-corrected chi connectivity index (χ1v) is 3.45. The molecule has 3 heteroatoms. The molecule has 0 spiro atoms. The summed E-state index contributed by atoms with van der Waals surface area (Å²) >= 11 is 9.71. The zero-order chi connectivity index (χ0) is 7.56. The summed E-state index contributed by atoms with van der Waals surface area (Å²) in [6, 6.07) is 6.94. The Morgan fingerprint density at radius 2 is 2.20 bits per heavy atom. The molecule has 0 aliphatic carbocycles. The van der Waals surface area contributed by atoms with Gasteiger partial charge < -0.3 is 0 Å². The SMILES string of the molecule is N#Cc1ccc(S)c(Cl)c1. The highest BCUT2D eigenvalue weighted by Gasteiger charge is 1.95. The molecule has 10 heavy (non-hydrogen) atoms. The molecular weight excluding hydrogens is 166 g/mol. The molecule has 0 aliphatic rings. The van der Waals surface area contributed by atoms with Gasteiger partial charge in [-0.25, -0.2) is 0 Å². The largest absolute Gasteiger partial charge is 0.192 e. The van der Waals surface area contributed by atoms with Gasteiger partial charge in [0.25, 0.3) is 0 Å². The number of hydrogen-bond donors (Lipinski definition) is 1. The number of rotatable bonds is 0. The van der Waals surface area contributed by atoms with Crippen LogP contribution in [-0.4, -0.2) is 0 Å². The average molecular weight is 170 g/mol. The Labute approximate surface area is 69.6 Å². The van der Waals surface area contributed by atoms with Crippen LogP contribution in [0.4, 0.5) is 0 Å². The summed E-state index contributed by atoms with van der Waals surface area (Å²) in [5.74, 6) is 0. The van der Waals surface area contributed by atoms with E-state index in [1.54, 1.807) is 18.2 Å². The van der Waals surface area contributed by atoms with E-state index < -0.39 is 0 Å². The monoisotopic (exact) mass is 169 g/mol. The van der Waals surface area contributed by atoms with Crippen LogP contribution in [0, 0.1) is 11.3 Å². The van der Waals surface area contributed by atoms with E-state index in [-0.39, 0.29) is 0 Å². The van der Waals surface area contributed by atoms with E-state index in [4.69, 9.17) is 16.9 Å². The predicted octanol–water partition coefficient (Wildman–Crippen LogP) is 2.50. The Kier molecular flexibility index (Phi) is 2.21. The van der Waals surface area contributed by atoms with Crippen molar-refractivity contribution in [2.24, 2.45) is 0 Å². The van der Waals surface area contributed by atoms with Crippen LogP contribution in [0.15, 0.2) is 23.1 Å². The van der Waals surface area contributed by atoms with E-state index in [0.29, 0.717) is 15.5 Å². The summed E-state index contributed by atoms with van der Waals surface area (Å²) in [5, 5.41) is 8.94. The third kappa shape index (κ3) is 1.44. The van der Waals surface area contributed by atoms with Crippen LogP contribution >= 0.6 is 24.2 Å². The maximum Gasteiger partial charge on any atom is 0.0992 e. The summed E-state index contributed by atoms with van der Waals surface area (Å²) in [7, 11) is 0. The van der Waals surface area contributed by atoms with Crippen LogP contribution in [0.5, 0.6) is 0 Å². The molecule has 0 aromatic heterocycles. The van der Waals surface area contributed by atoms with Gasteiger partial charge in [-0.15, -0.1) is 12.6 Å². The Hall–Kier alpha value is -0.650. The number of benzene rings is 1. The molecule has 50 valence electrons. The van der Waals surface area contributed by atoms with Crippen molar-refractivity contribution in [2.45, 2.75) is 4.90 Å². The number of hydrogen-bond acceptors (Lipinski definition) is 2. The second-order valence-corrected chi connectivity index (χ2v) is 2.67. The molecule has 0 N–H and O–H groups in total. The van der Waals surface area contributed by atoms with E-state index >= 15 is 0 Å². The first kappa shape index (κ1) is 7.46. The van der Waals surface area contributed by atoms with E-state index in [2.05, 4.69) is 12.6 Å². The molecule has 0 radical (unpaired) electrons. The molecule has 0 unspecified atom stereocenters. The smallest absolute Gasteiger partial charge is 0.0992 e. The minimum absolute atomic E-state index is 0.516. The summed E-state index contributed by atoms with van der Waals surface area (Å²) in [5.41, 5.74) is 0.558. The molecule has 0 saturated carbocycles. The normalized spacial score (nSPS) is 8.90. The average Bonchev–Trinajstić information content (AvgIpc) is 1.95. The van der Waals surface area contributed by atoms with Crippen molar-refractivity contribution in [3.8, 4) is 6.07 Å². The zero-order valence-electron chi connectivity index (χ0n) is 5.00. The van der Waals surface area contributed by atoms with Crippen molar-refractivity contribution in [3.63, 3.8) is 0 Å². The van der Waals surface area contributed by atoms with Crippen molar-refractivity contribution >= 4 is 24.2 Å². The van der Waals surface area contributed by atoms with Crippen molar-refractivity contribution in [2.75, 3.05) is 0 Å². The lowest BCUT2D eigenvalue weighted by Gasteiger charge is -1.93. The number of nitriles is 1. The minimum atomic E-state index is 0.516. The van der Waals surface area contributed by atoms with Crippen LogP contribution in [0.25, 0.3) is 0 Å². The van der Waals surface area contributed by atoms with Crippen molar-refractivity contribution in [1.82, 2.24) is 0 Å². The van der Waals surface area contributed by atoms with Gasteiger partial charge in [0.05, 0.1) is 16.7 Å². The third-order valence-corrected chi connectivity index (χ3v) is 1.91. The second kappa shape index (κ2) is 2.96. The standard InChI is InChI=1S/C7H4ClNS/c8-6-3-5(4-9)1-2-7(6)10/h1-3,10H. The lowest BCUT2D eigenvalue weighted by Crippen LogP contribution is -1.73. The molecule has 0 atom stereocenters. The van der Waals surface area contributed by atoms with Crippen molar-refractivity contribution in [1.29, 1.82) is 5.26 Å². The van der Waals surface area contributed by atoms with E-state index in [0.717, 1.165) is 0 Å². The predicted molar refractivity (Wildman–Crippen MR) is 43.4 cm³/mol. The number of thiol groups is 1. The summed E-state index contributed by atoms with van der Waals surface area (Å²) in [4.78, 5) is 0.695. The Morgan fingerprint density at radius 1 is 1.50 bits per heavy atom. The molecule has 1 aromatic carbocycles. The van der Waals surface area contributed by atoms with Gasteiger partial charge in [-0.05, 0) is 18.2 Å². The minimum Gasteiger partial charge on any atom is -0.192 e. The van der Waals surface area contributed by atoms with Gasteiger partial charge in [-0.1, -0.05) is 11.6 Å². The molecule has 0 amide bonds. The van der Waals surface area contributed by atoms with Gasteiger partial charge in [0.15, 0.2) is 0 Å². The Morgan fingerprint density at radius 3 is 2.70 bits per heavy atom. The molecule has 0 heterocycles. The number of halogens is 1. The fourth-order valence-electron chi connectivity index (χ4n) is 0.576. The Balaban J connectivity index is 3.20. The van der Waals surface area contributed by atoms with Crippen LogP contribution in [0.3, 0.4) is 0 Å². The fourth-order valence-corrected chi connectivity index (χ4v) is 0.896. The molecule has 1 aromatic rings. The van der Waals surface area contributed by atoms with Gasteiger partial charge in [-0.3, -0.25) is 0 Å². The van der Waals surface area contributed by atoms with Crippen LogP contribution < -0.4 is 0 Å². The quantitative estimate of drug-likeness (QED) is 0.593. The van der Waals surface area contributed by atoms with E-state index in [9.17, 15) is 0 Å². The van der Waals surface area contributed by atoms with Gasteiger partial charge in [0.1, 0.15) is 0 Å².